The maximum absolute atomic E-state index is 12.1. The Morgan fingerprint density at radius 1 is 1.30 bits per heavy atom. The van der Waals surface area contributed by atoms with E-state index in [-0.39, 0.29) is 11.8 Å². The molecule has 1 aliphatic rings. The molecule has 0 radical (unpaired) electrons. The maximum atomic E-state index is 12.1. The van der Waals surface area contributed by atoms with Gasteiger partial charge in [0.1, 0.15) is 0 Å². The van der Waals surface area contributed by atoms with Crippen molar-refractivity contribution in [1.82, 2.24) is 9.62 Å². The van der Waals surface area contributed by atoms with Crippen molar-refractivity contribution in [3.05, 3.63) is 35.4 Å². The minimum atomic E-state index is -3.32. The van der Waals surface area contributed by atoms with Crippen molar-refractivity contribution in [2.24, 2.45) is 0 Å². The van der Waals surface area contributed by atoms with Crippen LogP contribution in [0.4, 0.5) is 0 Å². The lowest BCUT2D eigenvalue weighted by Crippen LogP contribution is -2.43. The molecule has 108 valence electrons. The predicted octanol–water partition coefficient (Wildman–Crippen LogP) is 1.07. The van der Waals surface area contributed by atoms with Gasteiger partial charge >= 0.3 is 0 Å². The fourth-order valence-electron chi connectivity index (χ4n) is 2.32. The lowest BCUT2D eigenvalue weighted by molar-refractivity contribution is 0.248. The van der Waals surface area contributed by atoms with E-state index in [0.29, 0.717) is 11.1 Å². The Morgan fingerprint density at radius 2 is 1.90 bits per heavy atom. The summed E-state index contributed by atoms with van der Waals surface area (Å²) in [5, 5.41) is 8.71. The lowest BCUT2D eigenvalue weighted by atomic mass is 10.1. The molecule has 1 fully saturated rings. The van der Waals surface area contributed by atoms with E-state index in [1.165, 1.54) is 0 Å². The Morgan fingerprint density at radius 3 is 2.45 bits per heavy atom. The van der Waals surface area contributed by atoms with Gasteiger partial charge in [0, 0.05) is 6.04 Å². The Balaban J connectivity index is 1.95. The van der Waals surface area contributed by atoms with E-state index in [1.54, 1.807) is 24.3 Å². The zero-order valence-corrected chi connectivity index (χ0v) is 12.4. The van der Waals surface area contributed by atoms with Crippen LogP contribution in [0, 0.1) is 11.3 Å². The van der Waals surface area contributed by atoms with Crippen LogP contribution in [0.2, 0.25) is 0 Å². The van der Waals surface area contributed by atoms with Gasteiger partial charge in [-0.15, -0.1) is 0 Å². The molecule has 1 N–H and O–H groups in total. The Kier molecular flexibility index (Phi) is 4.76. The van der Waals surface area contributed by atoms with Gasteiger partial charge in [-0.05, 0) is 50.7 Å². The van der Waals surface area contributed by atoms with Crippen molar-refractivity contribution in [3.8, 4) is 6.07 Å². The standard InChI is InChI=1S/C14H19N3O2S/c1-17-8-6-14(7-9-17)16-20(18,19)11-13-4-2-12(10-15)3-5-13/h2-5,14,16H,6-9,11H2,1H3. The summed E-state index contributed by atoms with van der Waals surface area (Å²) in [5.41, 5.74) is 1.24. The molecule has 20 heavy (non-hydrogen) atoms. The molecule has 2 rings (SSSR count). The molecule has 0 spiro atoms. The summed E-state index contributed by atoms with van der Waals surface area (Å²) in [6.07, 6.45) is 1.70. The average molecular weight is 293 g/mol. The first-order chi connectivity index (χ1) is 9.48. The van der Waals surface area contributed by atoms with Gasteiger partial charge in [-0.25, -0.2) is 13.1 Å². The number of nitriles is 1. The molecule has 1 aliphatic heterocycles. The van der Waals surface area contributed by atoms with Crippen LogP contribution in [-0.4, -0.2) is 39.5 Å². The minimum absolute atomic E-state index is 0.0366. The van der Waals surface area contributed by atoms with Crippen LogP contribution in [0.3, 0.4) is 0 Å². The monoisotopic (exact) mass is 293 g/mol. The molecule has 0 saturated carbocycles. The van der Waals surface area contributed by atoms with Crippen molar-refractivity contribution in [1.29, 1.82) is 5.26 Å². The molecule has 5 nitrogen and oxygen atoms in total. The van der Waals surface area contributed by atoms with Crippen LogP contribution in [0.15, 0.2) is 24.3 Å². The van der Waals surface area contributed by atoms with E-state index in [9.17, 15) is 8.42 Å². The van der Waals surface area contributed by atoms with E-state index >= 15 is 0 Å². The fraction of sp³-hybridized carbons (Fsp3) is 0.500. The highest BCUT2D eigenvalue weighted by Gasteiger charge is 2.22. The van der Waals surface area contributed by atoms with Crippen LogP contribution in [0.5, 0.6) is 0 Å². The van der Waals surface area contributed by atoms with Crippen molar-refractivity contribution in [2.45, 2.75) is 24.6 Å². The van der Waals surface area contributed by atoms with Gasteiger partial charge in [-0.3, -0.25) is 0 Å². The number of hydrogen-bond donors (Lipinski definition) is 1. The fourth-order valence-corrected chi connectivity index (χ4v) is 3.78. The second-order valence-electron chi connectivity index (χ2n) is 5.26. The van der Waals surface area contributed by atoms with Crippen molar-refractivity contribution >= 4 is 10.0 Å². The summed E-state index contributed by atoms with van der Waals surface area (Å²) in [7, 11) is -1.28. The highest BCUT2D eigenvalue weighted by Crippen LogP contribution is 2.12. The van der Waals surface area contributed by atoms with E-state index in [2.05, 4.69) is 9.62 Å². The predicted molar refractivity (Wildman–Crippen MR) is 77.4 cm³/mol. The van der Waals surface area contributed by atoms with E-state index < -0.39 is 10.0 Å². The van der Waals surface area contributed by atoms with E-state index in [4.69, 9.17) is 5.26 Å². The third kappa shape index (κ3) is 4.30. The van der Waals surface area contributed by atoms with Gasteiger partial charge in [0.05, 0.1) is 17.4 Å². The van der Waals surface area contributed by atoms with Crippen molar-refractivity contribution < 1.29 is 8.42 Å². The van der Waals surface area contributed by atoms with Crippen LogP contribution in [-0.2, 0) is 15.8 Å². The van der Waals surface area contributed by atoms with Crippen LogP contribution in [0.25, 0.3) is 0 Å². The molecule has 0 unspecified atom stereocenters. The van der Waals surface area contributed by atoms with Gasteiger partial charge in [0.25, 0.3) is 0 Å². The second-order valence-corrected chi connectivity index (χ2v) is 7.02. The summed E-state index contributed by atoms with van der Waals surface area (Å²) < 4.78 is 27.0. The van der Waals surface area contributed by atoms with Gasteiger partial charge < -0.3 is 4.90 Å². The topological polar surface area (TPSA) is 73.2 Å². The molecule has 0 amide bonds. The number of sulfonamides is 1. The number of nitrogens with one attached hydrogen (secondary N) is 1. The quantitative estimate of drug-likeness (QED) is 0.901. The van der Waals surface area contributed by atoms with Crippen LogP contribution < -0.4 is 4.72 Å². The lowest BCUT2D eigenvalue weighted by Gasteiger charge is -2.29. The second kappa shape index (κ2) is 6.35. The molecular formula is C14H19N3O2S. The first kappa shape index (κ1) is 15.0. The van der Waals surface area contributed by atoms with E-state index in [1.807, 2.05) is 13.1 Å². The van der Waals surface area contributed by atoms with Gasteiger partial charge in [0.2, 0.25) is 10.0 Å². The summed E-state index contributed by atoms with van der Waals surface area (Å²) in [6, 6.07) is 8.71. The SMILES string of the molecule is CN1CCC(NS(=O)(=O)Cc2ccc(C#N)cc2)CC1. The normalized spacial score (nSPS) is 17.8. The number of nitrogens with zero attached hydrogens (tertiary/aromatic N) is 2. The van der Waals surface area contributed by atoms with Gasteiger partial charge in [0.15, 0.2) is 0 Å². The summed E-state index contributed by atoms with van der Waals surface area (Å²) in [5.74, 6) is -0.0367. The Bertz CT molecular complexity index is 582. The van der Waals surface area contributed by atoms with Crippen LogP contribution in [0.1, 0.15) is 24.0 Å². The van der Waals surface area contributed by atoms with Crippen molar-refractivity contribution in [2.75, 3.05) is 20.1 Å². The Labute approximate surface area is 120 Å². The molecular weight excluding hydrogens is 274 g/mol. The zero-order valence-electron chi connectivity index (χ0n) is 11.5. The van der Waals surface area contributed by atoms with Gasteiger partial charge in [-0.1, -0.05) is 12.1 Å². The van der Waals surface area contributed by atoms with Crippen molar-refractivity contribution in [3.63, 3.8) is 0 Å². The number of benzene rings is 1. The molecule has 0 aliphatic carbocycles. The third-order valence-electron chi connectivity index (χ3n) is 3.50. The number of hydrogen-bond acceptors (Lipinski definition) is 4. The van der Waals surface area contributed by atoms with Crippen LogP contribution >= 0.6 is 0 Å². The average Bonchev–Trinajstić information content (AvgIpc) is 2.41. The molecule has 0 atom stereocenters. The maximum Gasteiger partial charge on any atom is 0.216 e. The molecule has 0 aromatic heterocycles. The molecule has 0 bridgehead atoms. The highest BCUT2D eigenvalue weighted by molar-refractivity contribution is 7.88. The molecule has 1 saturated heterocycles. The zero-order chi connectivity index (χ0) is 14.6. The minimum Gasteiger partial charge on any atom is -0.306 e. The largest absolute Gasteiger partial charge is 0.306 e. The third-order valence-corrected chi connectivity index (χ3v) is 4.91. The molecule has 1 aromatic carbocycles. The first-order valence-corrected chi connectivity index (χ1v) is 8.31. The number of rotatable bonds is 4. The Hall–Kier alpha value is -1.42. The smallest absolute Gasteiger partial charge is 0.216 e. The summed E-state index contributed by atoms with van der Waals surface area (Å²) >= 11 is 0. The molecule has 1 heterocycles. The number of likely N-dealkylation sites (tertiary alicyclic amines) is 1. The summed E-state index contributed by atoms with van der Waals surface area (Å²) in [6.45, 7) is 1.84. The van der Waals surface area contributed by atoms with Gasteiger partial charge in [-0.2, -0.15) is 5.26 Å². The highest BCUT2D eigenvalue weighted by atomic mass is 32.2. The van der Waals surface area contributed by atoms with E-state index in [0.717, 1.165) is 25.9 Å². The molecule has 6 heteroatoms. The molecule has 1 aromatic rings. The summed E-state index contributed by atoms with van der Waals surface area (Å²) in [4.78, 5) is 2.20. The first-order valence-electron chi connectivity index (χ1n) is 6.66. The number of piperidine rings is 1.